The first kappa shape index (κ1) is 19.1. The molecule has 0 spiro atoms. The largest absolute Gasteiger partial charge is 0.490 e. The molecule has 0 saturated heterocycles. The van der Waals surface area contributed by atoms with E-state index in [1.54, 1.807) is 6.07 Å². The molecule has 0 aliphatic rings. The Morgan fingerprint density at radius 1 is 1.12 bits per heavy atom. The topological polar surface area (TPSA) is 97.4 Å². The van der Waals surface area contributed by atoms with Crippen molar-refractivity contribution in [1.29, 1.82) is 5.26 Å². The van der Waals surface area contributed by atoms with Crippen molar-refractivity contribution in [3.8, 4) is 17.6 Å². The van der Waals surface area contributed by atoms with Crippen LogP contribution >= 0.6 is 0 Å². The average molecular weight is 355 g/mol. The number of hydrogen-bond donors (Lipinski definition) is 1. The monoisotopic (exact) mass is 355 g/mol. The summed E-state index contributed by atoms with van der Waals surface area (Å²) >= 11 is 0. The summed E-state index contributed by atoms with van der Waals surface area (Å²) in [6, 6.07) is 12.0. The molecule has 0 heterocycles. The van der Waals surface area contributed by atoms with Crippen LogP contribution in [0, 0.1) is 21.4 Å². The highest BCUT2D eigenvalue weighted by molar-refractivity contribution is 5.61. The van der Waals surface area contributed by atoms with Crippen LogP contribution in [0.2, 0.25) is 0 Å². The number of nitro benzene ring substituents is 1. The summed E-state index contributed by atoms with van der Waals surface area (Å²) in [6.45, 7) is 5.53. The van der Waals surface area contributed by atoms with Crippen molar-refractivity contribution in [2.24, 2.45) is 0 Å². The van der Waals surface area contributed by atoms with Gasteiger partial charge < -0.3 is 14.8 Å². The van der Waals surface area contributed by atoms with Gasteiger partial charge in [-0.05, 0) is 44.0 Å². The number of non-ortho nitro benzene ring substituents is 1. The number of nitriles is 1. The normalized spacial score (nSPS) is 10.0. The molecule has 0 bridgehead atoms. The van der Waals surface area contributed by atoms with E-state index in [1.807, 2.05) is 38.1 Å². The maximum atomic E-state index is 10.8. The molecule has 0 fully saturated rings. The summed E-state index contributed by atoms with van der Waals surface area (Å²) in [5, 5.41) is 23.1. The summed E-state index contributed by atoms with van der Waals surface area (Å²) in [6.07, 6.45) is 0.703. The van der Waals surface area contributed by atoms with Gasteiger partial charge in [-0.3, -0.25) is 10.1 Å². The highest BCUT2D eigenvalue weighted by Gasteiger charge is 2.11. The van der Waals surface area contributed by atoms with Crippen LogP contribution in [0.4, 0.5) is 11.4 Å². The molecule has 2 aromatic rings. The lowest BCUT2D eigenvalue weighted by Crippen LogP contribution is -2.07. The zero-order valence-corrected chi connectivity index (χ0v) is 14.8. The highest BCUT2D eigenvalue weighted by atomic mass is 16.6. The average Bonchev–Trinajstić information content (AvgIpc) is 2.64. The third-order valence-corrected chi connectivity index (χ3v) is 3.67. The Morgan fingerprint density at radius 3 is 2.50 bits per heavy atom. The Morgan fingerprint density at radius 2 is 1.85 bits per heavy atom. The molecule has 0 aromatic heterocycles. The standard InChI is InChI=1S/C19H21N3O4/c1-3-25-18-8-5-14(11-19(18)26-4-2)9-10-21-17-7-6-16(22(23)24)12-15(17)13-20/h5-8,11-12,21H,3-4,9-10H2,1-2H3. The van der Waals surface area contributed by atoms with Crippen molar-refractivity contribution in [1.82, 2.24) is 0 Å². The lowest BCUT2D eigenvalue weighted by molar-refractivity contribution is -0.384. The highest BCUT2D eigenvalue weighted by Crippen LogP contribution is 2.29. The van der Waals surface area contributed by atoms with E-state index in [-0.39, 0.29) is 11.3 Å². The predicted octanol–water partition coefficient (Wildman–Crippen LogP) is 3.92. The Kier molecular flexibility index (Phi) is 6.80. The number of ether oxygens (including phenoxy) is 2. The van der Waals surface area contributed by atoms with Crippen molar-refractivity contribution < 1.29 is 14.4 Å². The summed E-state index contributed by atoms with van der Waals surface area (Å²) < 4.78 is 11.2. The third kappa shape index (κ3) is 4.86. The van der Waals surface area contributed by atoms with Crippen molar-refractivity contribution in [3.05, 3.63) is 57.6 Å². The Bertz CT molecular complexity index is 815. The van der Waals surface area contributed by atoms with Crippen LogP contribution in [0.1, 0.15) is 25.0 Å². The summed E-state index contributed by atoms with van der Waals surface area (Å²) in [5.41, 5.74) is 1.79. The van der Waals surface area contributed by atoms with E-state index in [2.05, 4.69) is 5.32 Å². The maximum absolute atomic E-state index is 10.8. The molecule has 0 radical (unpaired) electrons. The number of hydrogen-bond acceptors (Lipinski definition) is 6. The second-order valence-electron chi connectivity index (χ2n) is 5.42. The molecule has 0 atom stereocenters. The maximum Gasteiger partial charge on any atom is 0.270 e. The number of benzene rings is 2. The molecule has 26 heavy (non-hydrogen) atoms. The van der Waals surface area contributed by atoms with Gasteiger partial charge in [0.15, 0.2) is 11.5 Å². The van der Waals surface area contributed by atoms with Crippen LogP contribution in [-0.2, 0) is 6.42 Å². The first-order chi connectivity index (χ1) is 12.6. The molecular formula is C19H21N3O4. The van der Waals surface area contributed by atoms with Gasteiger partial charge >= 0.3 is 0 Å². The summed E-state index contributed by atoms with van der Waals surface area (Å²) in [4.78, 5) is 10.3. The van der Waals surface area contributed by atoms with E-state index in [9.17, 15) is 15.4 Å². The minimum atomic E-state index is -0.514. The predicted molar refractivity (Wildman–Crippen MR) is 98.8 cm³/mol. The molecule has 0 unspecified atom stereocenters. The minimum Gasteiger partial charge on any atom is -0.490 e. The molecule has 2 aromatic carbocycles. The van der Waals surface area contributed by atoms with Crippen LogP contribution in [0.3, 0.4) is 0 Å². The van der Waals surface area contributed by atoms with E-state index in [4.69, 9.17) is 9.47 Å². The SMILES string of the molecule is CCOc1ccc(CCNc2ccc([N+](=O)[O-])cc2C#N)cc1OCC. The fourth-order valence-electron chi connectivity index (χ4n) is 2.48. The Labute approximate surface area is 152 Å². The number of nitrogens with one attached hydrogen (secondary N) is 1. The molecule has 136 valence electrons. The van der Waals surface area contributed by atoms with Crippen LogP contribution in [0.15, 0.2) is 36.4 Å². The fourth-order valence-corrected chi connectivity index (χ4v) is 2.48. The number of rotatable bonds is 9. The van der Waals surface area contributed by atoms with Gasteiger partial charge in [0.1, 0.15) is 6.07 Å². The lowest BCUT2D eigenvalue weighted by Gasteiger charge is -2.13. The van der Waals surface area contributed by atoms with E-state index in [0.29, 0.717) is 43.4 Å². The molecule has 0 aliphatic carbocycles. The quantitative estimate of drug-likeness (QED) is 0.541. The van der Waals surface area contributed by atoms with Crippen molar-refractivity contribution in [2.75, 3.05) is 25.1 Å². The molecule has 0 saturated carbocycles. The van der Waals surface area contributed by atoms with Crippen molar-refractivity contribution >= 4 is 11.4 Å². The molecule has 0 aliphatic heterocycles. The lowest BCUT2D eigenvalue weighted by atomic mass is 10.1. The molecule has 7 heteroatoms. The van der Waals surface area contributed by atoms with Gasteiger partial charge in [0.2, 0.25) is 0 Å². The van der Waals surface area contributed by atoms with Crippen LogP contribution in [0.5, 0.6) is 11.5 Å². The molecule has 0 amide bonds. The Balaban J connectivity index is 2.04. The number of nitro groups is 1. The van der Waals surface area contributed by atoms with Crippen LogP contribution in [-0.4, -0.2) is 24.7 Å². The first-order valence-corrected chi connectivity index (χ1v) is 8.40. The molecule has 2 rings (SSSR count). The van der Waals surface area contributed by atoms with E-state index >= 15 is 0 Å². The van der Waals surface area contributed by atoms with Gasteiger partial charge in [-0.2, -0.15) is 5.26 Å². The zero-order valence-electron chi connectivity index (χ0n) is 14.8. The molecular weight excluding hydrogens is 334 g/mol. The van der Waals surface area contributed by atoms with Gasteiger partial charge in [-0.25, -0.2) is 0 Å². The zero-order chi connectivity index (χ0) is 18.9. The van der Waals surface area contributed by atoms with Gasteiger partial charge in [0.25, 0.3) is 5.69 Å². The summed E-state index contributed by atoms with van der Waals surface area (Å²) in [5.74, 6) is 1.42. The van der Waals surface area contributed by atoms with Crippen LogP contribution < -0.4 is 14.8 Å². The fraction of sp³-hybridized carbons (Fsp3) is 0.316. The van der Waals surface area contributed by atoms with Crippen molar-refractivity contribution in [2.45, 2.75) is 20.3 Å². The van der Waals surface area contributed by atoms with Gasteiger partial charge in [0.05, 0.1) is 29.4 Å². The molecule has 1 N–H and O–H groups in total. The number of nitrogens with zero attached hydrogens (tertiary/aromatic N) is 2. The second-order valence-corrected chi connectivity index (χ2v) is 5.42. The van der Waals surface area contributed by atoms with E-state index in [1.165, 1.54) is 12.1 Å². The van der Waals surface area contributed by atoms with Crippen LogP contribution in [0.25, 0.3) is 0 Å². The minimum absolute atomic E-state index is 0.0973. The Hall–Kier alpha value is -3.27. The summed E-state index contributed by atoms with van der Waals surface area (Å²) in [7, 11) is 0. The van der Waals surface area contributed by atoms with E-state index < -0.39 is 4.92 Å². The molecule has 7 nitrogen and oxygen atoms in total. The van der Waals surface area contributed by atoms with Gasteiger partial charge in [0, 0.05) is 18.7 Å². The van der Waals surface area contributed by atoms with Gasteiger partial charge in [-0.1, -0.05) is 6.07 Å². The van der Waals surface area contributed by atoms with Gasteiger partial charge in [-0.15, -0.1) is 0 Å². The van der Waals surface area contributed by atoms with E-state index in [0.717, 1.165) is 5.56 Å². The first-order valence-electron chi connectivity index (χ1n) is 8.40. The third-order valence-electron chi connectivity index (χ3n) is 3.67. The smallest absolute Gasteiger partial charge is 0.270 e. The van der Waals surface area contributed by atoms with Crippen molar-refractivity contribution in [3.63, 3.8) is 0 Å². The number of anilines is 1. The second kappa shape index (κ2) is 9.28.